The predicted octanol–water partition coefficient (Wildman–Crippen LogP) is 3.86. The minimum Gasteiger partial charge on any atom is -0.465 e. The van der Waals surface area contributed by atoms with Gasteiger partial charge < -0.3 is 4.74 Å². The lowest BCUT2D eigenvalue weighted by atomic mass is 9.87. The number of esters is 1. The quantitative estimate of drug-likeness (QED) is 0.746. The van der Waals surface area contributed by atoms with Crippen molar-refractivity contribution in [1.29, 1.82) is 0 Å². The molecule has 94 valence electrons. The van der Waals surface area contributed by atoms with Gasteiger partial charge in [-0.1, -0.05) is 44.5 Å². The van der Waals surface area contributed by atoms with Crippen LogP contribution in [-0.2, 0) is 16.0 Å². The fourth-order valence-corrected chi connectivity index (χ4v) is 1.84. The van der Waals surface area contributed by atoms with E-state index in [0.29, 0.717) is 13.0 Å². The molecule has 0 saturated heterocycles. The van der Waals surface area contributed by atoms with Gasteiger partial charge in [0.15, 0.2) is 0 Å². The van der Waals surface area contributed by atoms with Gasteiger partial charge in [-0.05, 0) is 24.1 Å². The van der Waals surface area contributed by atoms with Crippen LogP contribution in [-0.4, -0.2) is 12.6 Å². The molecule has 1 aromatic rings. The molecule has 1 rings (SSSR count). The van der Waals surface area contributed by atoms with Crippen molar-refractivity contribution in [3.8, 4) is 0 Å². The fraction of sp³-hybridized carbons (Fsp3) is 0.500. The molecule has 0 fully saturated rings. The van der Waals surface area contributed by atoms with Gasteiger partial charge >= 0.3 is 5.97 Å². The number of carbonyl (C=O) groups is 1. The van der Waals surface area contributed by atoms with E-state index in [9.17, 15) is 4.79 Å². The number of halogens is 1. The molecule has 0 atom stereocenters. The molecule has 0 aliphatic heterocycles. The first-order valence-electron chi connectivity index (χ1n) is 5.83. The average Bonchev–Trinajstić information content (AvgIpc) is 2.25. The number of rotatable bonds is 5. The van der Waals surface area contributed by atoms with Crippen molar-refractivity contribution >= 4 is 17.6 Å². The highest BCUT2D eigenvalue weighted by Gasteiger charge is 2.20. The maximum atomic E-state index is 11.1. The third kappa shape index (κ3) is 5.22. The molecule has 0 N–H and O–H groups in total. The summed E-state index contributed by atoms with van der Waals surface area (Å²) in [5, 5.41) is 0.740. The number of ether oxygens (including phenoxy) is 1. The molecule has 0 aliphatic carbocycles. The van der Waals surface area contributed by atoms with Gasteiger partial charge in [-0.2, -0.15) is 0 Å². The minimum absolute atomic E-state index is 0.0739. The molecule has 0 aliphatic rings. The number of benzene rings is 1. The van der Waals surface area contributed by atoms with Crippen LogP contribution in [0.15, 0.2) is 24.3 Å². The van der Waals surface area contributed by atoms with Gasteiger partial charge in [-0.25, -0.2) is 0 Å². The molecule has 0 spiro atoms. The highest BCUT2D eigenvalue weighted by Crippen LogP contribution is 2.24. The van der Waals surface area contributed by atoms with Crippen LogP contribution in [0.1, 0.15) is 32.8 Å². The molecule has 17 heavy (non-hydrogen) atoms. The van der Waals surface area contributed by atoms with E-state index in [2.05, 4.69) is 13.8 Å². The molecule has 0 radical (unpaired) electrons. The van der Waals surface area contributed by atoms with Gasteiger partial charge in [0.25, 0.3) is 0 Å². The van der Waals surface area contributed by atoms with E-state index in [0.717, 1.165) is 17.0 Å². The van der Waals surface area contributed by atoms with Crippen LogP contribution in [0, 0.1) is 5.41 Å². The van der Waals surface area contributed by atoms with Crippen molar-refractivity contribution in [1.82, 2.24) is 0 Å². The lowest BCUT2D eigenvalue weighted by molar-refractivity contribution is -0.146. The molecule has 0 heterocycles. The molecular weight excluding hydrogens is 236 g/mol. The van der Waals surface area contributed by atoms with Crippen LogP contribution in [0.2, 0.25) is 5.02 Å². The van der Waals surface area contributed by atoms with E-state index in [1.165, 1.54) is 0 Å². The zero-order valence-electron chi connectivity index (χ0n) is 10.6. The zero-order valence-corrected chi connectivity index (χ0v) is 11.4. The van der Waals surface area contributed by atoms with E-state index in [4.69, 9.17) is 16.3 Å². The minimum atomic E-state index is -0.149. The van der Waals surface area contributed by atoms with Crippen molar-refractivity contribution in [3.05, 3.63) is 34.9 Å². The first kappa shape index (κ1) is 14.0. The van der Waals surface area contributed by atoms with E-state index >= 15 is 0 Å². The smallest absolute Gasteiger partial charge is 0.305 e. The topological polar surface area (TPSA) is 26.3 Å². The van der Waals surface area contributed by atoms with Crippen LogP contribution < -0.4 is 0 Å². The van der Waals surface area contributed by atoms with Crippen LogP contribution >= 0.6 is 11.6 Å². The SMILES string of the molecule is CCC(=O)OCC(C)(C)Cc1cccc(Cl)c1. The zero-order chi connectivity index (χ0) is 12.9. The van der Waals surface area contributed by atoms with E-state index in [1.54, 1.807) is 6.92 Å². The second-order valence-corrected chi connectivity index (χ2v) is 5.42. The summed E-state index contributed by atoms with van der Waals surface area (Å²) in [7, 11) is 0. The Labute approximate surface area is 108 Å². The monoisotopic (exact) mass is 254 g/mol. The Balaban J connectivity index is 2.56. The van der Waals surface area contributed by atoms with E-state index in [-0.39, 0.29) is 11.4 Å². The van der Waals surface area contributed by atoms with Gasteiger partial charge in [0, 0.05) is 16.9 Å². The summed E-state index contributed by atoms with van der Waals surface area (Å²) in [6.07, 6.45) is 1.26. The molecule has 1 aromatic carbocycles. The van der Waals surface area contributed by atoms with Crippen LogP contribution in [0.5, 0.6) is 0 Å². The normalized spacial score (nSPS) is 11.3. The Hall–Kier alpha value is -1.02. The van der Waals surface area contributed by atoms with Crippen molar-refractivity contribution in [3.63, 3.8) is 0 Å². The molecule has 0 amide bonds. The summed E-state index contributed by atoms with van der Waals surface area (Å²) in [6, 6.07) is 7.78. The first-order chi connectivity index (χ1) is 7.93. The third-order valence-corrected chi connectivity index (χ3v) is 2.72. The lowest BCUT2D eigenvalue weighted by Crippen LogP contribution is -2.24. The molecular formula is C14H19ClO2. The summed E-state index contributed by atoms with van der Waals surface area (Å²) >= 11 is 5.94. The van der Waals surface area contributed by atoms with Gasteiger partial charge in [0.2, 0.25) is 0 Å². The van der Waals surface area contributed by atoms with E-state index < -0.39 is 0 Å². The largest absolute Gasteiger partial charge is 0.465 e. The van der Waals surface area contributed by atoms with Crippen molar-refractivity contribution < 1.29 is 9.53 Å². The molecule has 2 nitrogen and oxygen atoms in total. The number of hydrogen-bond donors (Lipinski definition) is 0. The lowest BCUT2D eigenvalue weighted by Gasteiger charge is -2.24. The standard InChI is InChI=1S/C14H19ClO2/c1-4-13(16)17-10-14(2,3)9-11-6-5-7-12(15)8-11/h5-8H,4,9-10H2,1-3H3. The maximum Gasteiger partial charge on any atom is 0.305 e. The molecule has 0 unspecified atom stereocenters. The molecule has 0 saturated carbocycles. The molecule has 3 heteroatoms. The highest BCUT2D eigenvalue weighted by molar-refractivity contribution is 6.30. The Morgan fingerprint density at radius 2 is 2.12 bits per heavy atom. The second-order valence-electron chi connectivity index (χ2n) is 4.99. The first-order valence-corrected chi connectivity index (χ1v) is 6.21. The Kier molecular flexibility index (Phi) is 5.01. The van der Waals surface area contributed by atoms with Crippen molar-refractivity contribution in [2.75, 3.05) is 6.61 Å². The number of hydrogen-bond acceptors (Lipinski definition) is 2. The fourth-order valence-electron chi connectivity index (χ4n) is 1.63. The summed E-state index contributed by atoms with van der Waals surface area (Å²) in [5.74, 6) is -0.149. The molecule has 0 aromatic heterocycles. The van der Waals surface area contributed by atoms with Crippen LogP contribution in [0.3, 0.4) is 0 Å². The summed E-state index contributed by atoms with van der Waals surface area (Å²) < 4.78 is 5.19. The second kappa shape index (κ2) is 6.06. The van der Waals surface area contributed by atoms with E-state index in [1.807, 2.05) is 24.3 Å². The van der Waals surface area contributed by atoms with Gasteiger partial charge in [0.05, 0.1) is 6.61 Å². The van der Waals surface area contributed by atoms with Crippen LogP contribution in [0.4, 0.5) is 0 Å². The van der Waals surface area contributed by atoms with Crippen LogP contribution in [0.25, 0.3) is 0 Å². The van der Waals surface area contributed by atoms with Gasteiger partial charge in [-0.15, -0.1) is 0 Å². The summed E-state index contributed by atoms with van der Waals surface area (Å²) in [6.45, 7) is 6.40. The Bertz CT molecular complexity index is 386. The Morgan fingerprint density at radius 1 is 1.41 bits per heavy atom. The average molecular weight is 255 g/mol. The Morgan fingerprint density at radius 3 is 2.71 bits per heavy atom. The highest BCUT2D eigenvalue weighted by atomic mass is 35.5. The summed E-state index contributed by atoms with van der Waals surface area (Å²) in [5.41, 5.74) is 1.09. The van der Waals surface area contributed by atoms with Gasteiger partial charge in [-0.3, -0.25) is 4.79 Å². The van der Waals surface area contributed by atoms with Crippen molar-refractivity contribution in [2.24, 2.45) is 5.41 Å². The number of carbonyl (C=O) groups excluding carboxylic acids is 1. The summed E-state index contributed by atoms with van der Waals surface area (Å²) in [4.78, 5) is 11.1. The third-order valence-electron chi connectivity index (χ3n) is 2.48. The van der Waals surface area contributed by atoms with Gasteiger partial charge in [0.1, 0.15) is 0 Å². The predicted molar refractivity (Wildman–Crippen MR) is 70.2 cm³/mol. The maximum absolute atomic E-state index is 11.1. The van der Waals surface area contributed by atoms with Crippen molar-refractivity contribution in [2.45, 2.75) is 33.6 Å². The molecule has 0 bridgehead atoms.